The van der Waals surface area contributed by atoms with Gasteiger partial charge in [-0.3, -0.25) is 4.79 Å². The SMILES string of the molecule is O=C(CN(Cc1ccc(Cl)c(Cl)c1)S(=O)(=O)c1ccccc1)NCCc1ccccc1. The van der Waals surface area contributed by atoms with Gasteiger partial charge in [0.1, 0.15) is 0 Å². The molecule has 31 heavy (non-hydrogen) atoms. The van der Waals surface area contributed by atoms with Crippen molar-refractivity contribution in [2.75, 3.05) is 13.1 Å². The van der Waals surface area contributed by atoms with Gasteiger partial charge in [0.05, 0.1) is 21.5 Å². The van der Waals surface area contributed by atoms with Crippen LogP contribution in [0.25, 0.3) is 0 Å². The second-order valence-corrected chi connectivity index (χ2v) is 9.67. The third-order valence-electron chi connectivity index (χ3n) is 4.62. The largest absolute Gasteiger partial charge is 0.355 e. The number of nitrogens with zero attached hydrogens (tertiary/aromatic N) is 1. The van der Waals surface area contributed by atoms with E-state index in [0.29, 0.717) is 28.6 Å². The van der Waals surface area contributed by atoms with E-state index < -0.39 is 10.0 Å². The van der Waals surface area contributed by atoms with E-state index in [9.17, 15) is 13.2 Å². The molecule has 8 heteroatoms. The first-order valence-electron chi connectivity index (χ1n) is 9.66. The molecular formula is C23H22Cl2N2O3S. The van der Waals surface area contributed by atoms with Crippen molar-refractivity contribution in [1.29, 1.82) is 0 Å². The third-order valence-corrected chi connectivity index (χ3v) is 7.17. The number of amides is 1. The van der Waals surface area contributed by atoms with Crippen molar-refractivity contribution in [2.45, 2.75) is 17.9 Å². The minimum Gasteiger partial charge on any atom is -0.355 e. The normalized spacial score (nSPS) is 11.5. The quantitative estimate of drug-likeness (QED) is 0.492. The van der Waals surface area contributed by atoms with Crippen molar-refractivity contribution in [1.82, 2.24) is 9.62 Å². The summed E-state index contributed by atoms with van der Waals surface area (Å²) in [4.78, 5) is 12.7. The van der Waals surface area contributed by atoms with E-state index in [1.807, 2.05) is 30.3 Å². The van der Waals surface area contributed by atoms with E-state index in [1.54, 1.807) is 36.4 Å². The zero-order valence-electron chi connectivity index (χ0n) is 16.7. The molecule has 1 amide bonds. The Hall–Kier alpha value is -2.38. The summed E-state index contributed by atoms with van der Waals surface area (Å²) in [6.45, 7) is 0.0847. The summed E-state index contributed by atoms with van der Waals surface area (Å²) in [6.07, 6.45) is 0.658. The summed E-state index contributed by atoms with van der Waals surface area (Å²) in [5.41, 5.74) is 1.72. The number of nitrogens with one attached hydrogen (secondary N) is 1. The number of benzene rings is 3. The lowest BCUT2D eigenvalue weighted by molar-refractivity contribution is -0.121. The molecule has 0 fully saturated rings. The second kappa shape index (κ2) is 10.8. The molecule has 162 valence electrons. The fourth-order valence-corrected chi connectivity index (χ4v) is 4.74. The van der Waals surface area contributed by atoms with Crippen LogP contribution in [0.3, 0.4) is 0 Å². The molecule has 0 heterocycles. The van der Waals surface area contributed by atoms with Crippen LogP contribution in [0.1, 0.15) is 11.1 Å². The molecule has 0 aliphatic rings. The van der Waals surface area contributed by atoms with E-state index in [1.165, 1.54) is 12.1 Å². The Morgan fingerprint density at radius 3 is 2.13 bits per heavy atom. The minimum absolute atomic E-state index is 0.0137. The lowest BCUT2D eigenvalue weighted by Gasteiger charge is -2.22. The highest BCUT2D eigenvalue weighted by molar-refractivity contribution is 7.89. The van der Waals surface area contributed by atoms with Crippen molar-refractivity contribution in [3.05, 3.63) is 100 Å². The molecule has 0 radical (unpaired) electrons. The van der Waals surface area contributed by atoms with E-state index in [2.05, 4.69) is 5.32 Å². The average Bonchev–Trinajstić information content (AvgIpc) is 2.77. The Balaban J connectivity index is 1.74. The van der Waals surface area contributed by atoms with Crippen LogP contribution in [0, 0.1) is 0 Å². The van der Waals surface area contributed by atoms with Crippen LogP contribution >= 0.6 is 23.2 Å². The van der Waals surface area contributed by atoms with Gasteiger partial charge in [0.15, 0.2) is 0 Å². The molecule has 0 aliphatic carbocycles. The zero-order chi connectivity index (χ0) is 22.3. The zero-order valence-corrected chi connectivity index (χ0v) is 19.0. The lowest BCUT2D eigenvalue weighted by Crippen LogP contribution is -2.40. The maximum absolute atomic E-state index is 13.2. The molecule has 0 unspecified atom stereocenters. The number of carbonyl (C=O) groups is 1. The van der Waals surface area contributed by atoms with Gasteiger partial charge in [0.2, 0.25) is 15.9 Å². The first-order chi connectivity index (χ1) is 14.9. The fraction of sp³-hybridized carbons (Fsp3) is 0.174. The van der Waals surface area contributed by atoms with Gasteiger partial charge in [-0.25, -0.2) is 8.42 Å². The van der Waals surface area contributed by atoms with Gasteiger partial charge in [-0.15, -0.1) is 0 Å². The molecule has 5 nitrogen and oxygen atoms in total. The number of carbonyl (C=O) groups excluding carboxylic acids is 1. The smallest absolute Gasteiger partial charge is 0.243 e. The van der Waals surface area contributed by atoms with Crippen LogP contribution in [0.2, 0.25) is 10.0 Å². The Bertz CT molecular complexity index is 1120. The molecule has 0 saturated heterocycles. The standard InChI is InChI=1S/C23H22Cl2N2O3S/c24-21-12-11-19(15-22(21)25)16-27(31(29,30)20-9-5-2-6-10-20)17-23(28)26-14-13-18-7-3-1-4-8-18/h1-12,15H,13-14,16-17H2,(H,26,28). The maximum atomic E-state index is 13.2. The molecule has 0 spiro atoms. The van der Waals surface area contributed by atoms with Crippen molar-refractivity contribution in [3.63, 3.8) is 0 Å². The van der Waals surface area contributed by atoms with E-state index in [4.69, 9.17) is 23.2 Å². The Kier molecular flexibility index (Phi) is 8.09. The summed E-state index contributed by atoms with van der Waals surface area (Å²) in [6, 6.07) is 22.7. The van der Waals surface area contributed by atoms with Gasteiger partial charge < -0.3 is 5.32 Å². The Labute approximate surface area is 192 Å². The Morgan fingerprint density at radius 1 is 0.839 bits per heavy atom. The van der Waals surface area contributed by atoms with Crippen molar-refractivity contribution in [3.8, 4) is 0 Å². The first kappa shape index (κ1) is 23.3. The van der Waals surface area contributed by atoms with Gasteiger partial charge in [-0.05, 0) is 41.8 Å². The topological polar surface area (TPSA) is 66.5 Å². The predicted molar refractivity (Wildman–Crippen MR) is 124 cm³/mol. The van der Waals surface area contributed by atoms with Gasteiger partial charge in [-0.2, -0.15) is 4.31 Å². The highest BCUT2D eigenvalue weighted by atomic mass is 35.5. The van der Waals surface area contributed by atoms with Gasteiger partial charge in [-0.1, -0.05) is 77.8 Å². The van der Waals surface area contributed by atoms with Crippen LogP contribution in [0.4, 0.5) is 0 Å². The molecule has 0 bridgehead atoms. The molecule has 0 atom stereocenters. The highest BCUT2D eigenvalue weighted by Gasteiger charge is 2.27. The Morgan fingerprint density at radius 2 is 1.48 bits per heavy atom. The fourth-order valence-electron chi connectivity index (χ4n) is 3.02. The highest BCUT2D eigenvalue weighted by Crippen LogP contribution is 2.25. The number of halogens is 2. The molecule has 3 aromatic rings. The predicted octanol–water partition coefficient (Wildman–Crippen LogP) is 4.54. The van der Waals surface area contributed by atoms with Crippen LogP contribution in [0.15, 0.2) is 83.8 Å². The third kappa shape index (κ3) is 6.55. The second-order valence-electron chi connectivity index (χ2n) is 6.92. The summed E-state index contributed by atoms with van der Waals surface area (Å²) in [5, 5.41) is 3.50. The summed E-state index contributed by atoms with van der Waals surface area (Å²) in [7, 11) is -3.90. The number of hydrogen-bond acceptors (Lipinski definition) is 3. The molecule has 0 aliphatic heterocycles. The van der Waals surface area contributed by atoms with Gasteiger partial charge >= 0.3 is 0 Å². The average molecular weight is 477 g/mol. The van der Waals surface area contributed by atoms with Crippen molar-refractivity contribution >= 4 is 39.1 Å². The summed E-state index contributed by atoms with van der Waals surface area (Å²) >= 11 is 12.0. The number of sulfonamides is 1. The lowest BCUT2D eigenvalue weighted by atomic mass is 10.1. The molecular weight excluding hydrogens is 455 g/mol. The molecule has 1 N–H and O–H groups in total. The molecule has 3 rings (SSSR count). The van der Waals surface area contributed by atoms with Gasteiger partial charge in [0.25, 0.3) is 0 Å². The van der Waals surface area contributed by atoms with E-state index in [0.717, 1.165) is 9.87 Å². The monoisotopic (exact) mass is 476 g/mol. The van der Waals surface area contributed by atoms with Crippen molar-refractivity contribution in [2.24, 2.45) is 0 Å². The van der Waals surface area contributed by atoms with Crippen LogP contribution in [-0.2, 0) is 27.8 Å². The molecule has 0 saturated carbocycles. The van der Waals surface area contributed by atoms with Gasteiger partial charge in [0, 0.05) is 13.1 Å². The summed E-state index contributed by atoms with van der Waals surface area (Å²) in [5.74, 6) is -0.379. The van der Waals surface area contributed by atoms with Crippen LogP contribution in [0.5, 0.6) is 0 Å². The van der Waals surface area contributed by atoms with Crippen LogP contribution < -0.4 is 5.32 Å². The maximum Gasteiger partial charge on any atom is 0.243 e. The number of rotatable bonds is 9. The van der Waals surface area contributed by atoms with E-state index in [-0.39, 0.29) is 23.9 Å². The van der Waals surface area contributed by atoms with Crippen molar-refractivity contribution < 1.29 is 13.2 Å². The van der Waals surface area contributed by atoms with E-state index >= 15 is 0 Å². The molecule has 3 aromatic carbocycles. The number of hydrogen-bond donors (Lipinski definition) is 1. The minimum atomic E-state index is -3.90. The summed E-state index contributed by atoms with van der Waals surface area (Å²) < 4.78 is 27.6. The first-order valence-corrected chi connectivity index (χ1v) is 11.9. The van der Waals surface area contributed by atoms with Crippen LogP contribution in [-0.4, -0.2) is 31.7 Å². The molecule has 0 aromatic heterocycles.